The second kappa shape index (κ2) is 8.39. The molecule has 30 heavy (non-hydrogen) atoms. The Labute approximate surface area is 165 Å². The molecule has 0 saturated carbocycles. The highest BCUT2D eigenvalue weighted by atomic mass is 17.1. The van der Waals surface area contributed by atoms with E-state index >= 15 is 0 Å². The van der Waals surface area contributed by atoms with Gasteiger partial charge in [0.25, 0.3) is 22.2 Å². The van der Waals surface area contributed by atoms with Crippen molar-refractivity contribution in [3.63, 3.8) is 0 Å². The van der Waals surface area contributed by atoms with Gasteiger partial charge < -0.3 is 4.89 Å². The average Bonchev–Trinajstić information content (AvgIpc) is 3.11. The average molecular weight is 420 g/mol. The molecule has 158 valence electrons. The summed E-state index contributed by atoms with van der Waals surface area (Å²) in [6.07, 6.45) is 1.28. The molecule has 0 aliphatic rings. The Bertz CT molecular complexity index is 1260. The standard InChI is InChI=1S/C18H16N2O10/c21-13(29-27)4-2-1-3-5-19-15(23)9-6-11-12(7-10(9)16(19)24)18(26)20(17(11)25)8-14(22)30-28/h6-7,27-28H,1-5,8H2. The molecule has 0 amide bonds. The first kappa shape index (κ1) is 21.1. The molecule has 0 spiro atoms. The van der Waals surface area contributed by atoms with Crippen LogP contribution in [0.25, 0.3) is 21.5 Å². The number of nitrogens with zero attached hydrogens (tertiary/aromatic N) is 2. The molecule has 0 fully saturated rings. The lowest BCUT2D eigenvalue weighted by atomic mass is 10.1. The molecule has 0 aliphatic carbocycles. The molecule has 1 aromatic carbocycles. The van der Waals surface area contributed by atoms with Crippen molar-refractivity contribution in [1.82, 2.24) is 9.13 Å². The fourth-order valence-electron chi connectivity index (χ4n) is 3.34. The van der Waals surface area contributed by atoms with Gasteiger partial charge in [-0.05, 0) is 25.0 Å². The van der Waals surface area contributed by atoms with Crippen molar-refractivity contribution in [2.75, 3.05) is 0 Å². The number of aromatic nitrogens is 2. The van der Waals surface area contributed by atoms with Crippen LogP contribution in [0.1, 0.15) is 25.7 Å². The Hall–Kier alpha value is -3.64. The van der Waals surface area contributed by atoms with Crippen molar-refractivity contribution >= 4 is 33.5 Å². The maximum atomic E-state index is 12.6. The summed E-state index contributed by atoms with van der Waals surface area (Å²) < 4.78 is 1.53. The van der Waals surface area contributed by atoms with Gasteiger partial charge in [0.2, 0.25) is 0 Å². The number of carbonyl (C=O) groups excluding carboxylic acids is 2. The Morgan fingerprint density at radius 1 is 0.700 bits per heavy atom. The molecule has 0 aliphatic heterocycles. The number of carbonyl (C=O) groups is 2. The molecule has 0 radical (unpaired) electrons. The van der Waals surface area contributed by atoms with Gasteiger partial charge >= 0.3 is 11.9 Å². The van der Waals surface area contributed by atoms with E-state index < -0.39 is 40.7 Å². The van der Waals surface area contributed by atoms with Gasteiger partial charge in [-0.15, -0.1) is 0 Å². The van der Waals surface area contributed by atoms with Crippen LogP contribution in [0.3, 0.4) is 0 Å². The van der Waals surface area contributed by atoms with Crippen LogP contribution in [0.15, 0.2) is 31.3 Å². The molecule has 12 heteroatoms. The summed E-state index contributed by atoms with van der Waals surface area (Å²) in [5, 5.41) is 16.2. The normalized spacial score (nSPS) is 11.3. The minimum absolute atomic E-state index is 0.00408. The van der Waals surface area contributed by atoms with Crippen LogP contribution in [0.2, 0.25) is 0 Å². The second-order valence-electron chi connectivity index (χ2n) is 6.64. The molecule has 3 aromatic rings. The zero-order chi connectivity index (χ0) is 22.0. The van der Waals surface area contributed by atoms with Crippen LogP contribution in [-0.4, -0.2) is 31.6 Å². The van der Waals surface area contributed by atoms with Crippen LogP contribution < -0.4 is 22.2 Å². The van der Waals surface area contributed by atoms with Crippen molar-refractivity contribution in [2.45, 2.75) is 38.8 Å². The minimum Gasteiger partial charge on any atom is -0.301 e. The lowest BCUT2D eigenvalue weighted by Gasteiger charge is -2.00. The van der Waals surface area contributed by atoms with Gasteiger partial charge in [0, 0.05) is 13.0 Å². The van der Waals surface area contributed by atoms with E-state index in [9.17, 15) is 28.8 Å². The molecular weight excluding hydrogens is 404 g/mol. The van der Waals surface area contributed by atoms with Gasteiger partial charge in [-0.3, -0.25) is 33.2 Å². The molecular formula is C18H16N2O10. The van der Waals surface area contributed by atoms with Gasteiger partial charge in [-0.25, -0.2) is 9.59 Å². The third-order valence-corrected chi connectivity index (χ3v) is 4.81. The van der Waals surface area contributed by atoms with E-state index in [0.29, 0.717) is 23.8 Å². The first-order valence-corrected chi connectivity index (χ1v) is 8.89. The zero-order valence-electron chi connectivity index (χ0n) is 15.5. The van der Waals surface area contributed by atoms with Crippen LogP contribution >= 0.6 is 0 Å². The van der Waals surface area contributed by atoms with Gasteiger partial charge in [-0.2, -0.15) is 10.5 Å². The Balaban J connectivity index is 1.94. The molecule has 0 atom stereocenters. The van der Waals surface area contributed by atoms with Crippen molar-refractivity contribution in [1.29, 1.82) is 0 Å². The van der Waals surface area contributed by atoms with Crippen molar-refractivity contribution in [3.05, 3.63) is 53.5 Å². The quantitative estimate of drug-likeness (QED) is 0.275. The maximum Gasteiger partial charge on any atom is 0.361 e. The summed E-state index contributed by atoms with van der Waals surface area (Å²) in [5.41, 5.74) is -2.95. The highest BCUT2D eigenvalue weighted by Crippen LogP contribution is 2.15. The molecule has 0 bridgehead atoms. The lowest BCUT2D eigenvalue weighted by molar-refractivity contribution is -0.235. The fraction of sp³-hybridized carbons (Fsp3) is 0.333. The summed E-state index contributed by atoms with van der Waals surface area (Å²) >= 11 is 0. The molecule has 2 aromatic heterocycles. The van der Waals surface area contributed by atoms with Crippen molar-refractivity contribution in [2.24, 2.45) is 0 Å². The SMILES string of the molecule is O=C(CCCCCn1c(=O)c2cc3c(=O)n(CC(=O)OO)c(=O)c3cc2c1=O)OO. The van der Waals surface area contributed by atoms with Crippen molar-refractivity contribution < 1.29 is 29.9 Å². The largest absolute Gasteiger partial charge is 0.361 e. The lowest BCUT2D eigenvalue weighted by Crippen LogP contribution is -2.29. The van der Waals surface area contributed by atoms with E-state index in [1.54, 1.807) is 0 Å². The number of hydrogen-bond donors (Lipinski definition) is 2. The molecule has 0 unspecified atom stereocenters. The van der Waals surface area contributed by atoms with E-state index in [1.165, 1.54) is 0 Å². The van der Waals surface area contributed by atoms with E-state index in [4.69, 9.17) is 10.5 Å². The Morgan fingerprint density at radius 2 is 1.17 bits per heavy atom. The first-order chi connectivity index (χ1) is 14.3. The van der Waals surface area contributed by atoms with Crippen LogP contribution in [0.5, 0.6) is 0 Å². The Kier molecular flexibility index (Phi) is 5.89. The smallest absolute Gasteiger partial charge is 0.301 e. The molecule has 2 heterocycles. The highest BCUT2D eigenvalue weighted by molar-refractivity contribution is 5.98. The van der Waals surface area contributed by atoms with Crippen LogP contribution in [0, 0.1) is 0 Å². The second-order valence-corrected chi connectivity index (χ2v) is 6.64. The summed E-state index contributed by atoms with van der Waals surface area (Å²) in [6.45, 7) is -0.743. The van der Waals surface area contributed by atoms with Crippen LogP contribution in [0.4, 0.5) is 0 Å². The topological polar surface area (TPSA) is 171 Å². The van der Waals surface area contributed by atoms with Crippen LogP contribution in [-0.2, 0) is 32.5 Å². The summed E-state index contributed by atoms with van der Waals surface area (Å²) in [5.74, 6) is -2.00. The number of rotatable bonds is 8. The van der Waals surface area contributed by atoms with Gasteiger partial charge in [0.1, 0.15) is 6.54 Å². The molecule has 0 saturated heterocycles. The van der Waals surface area contributed by atoms with Gasteiger partial charge in [-0.1, -0.05) is 6.42 Å². The molecule has 2 N–H and O–H groups in total. The van der Waals surface area contributed by atoms with E-state index in [2.05, 4.69) is 9.78 Å². The molecule has 3 rings (SSSR count). The summed E-state index contributed by atoms with van der Waals surface area (Å²) in [6, 6.07) is 2.29. The minimum atomic E-state index is -1.22. The van der Waals surface area contributed by atoms with Gasteiger partial charge in [0.15, 0.2) is 0 Å². The van der Waals surface area contributed by atoms with E-state index in [-0.39, 0.29) is 34.5 Å². The fourth-order valence-corrected chi connectivity index (χ4v) is 3.34. The van der Waals surface area contributed by atoms with Crippen molar-refractivity contribution in [3.8, 4) is 0 Å². The van der Waals surface area contributed by atoms with E-state index in [1.807, 2.05) is 0 Å². The molecule has 12 nitrogen and oxygen atoms in total. The summed E-state index contributed by atoms with van der Waals surface area (Å²) in [4.78, 5) is 79.1. The number of hydrogen-bond acceptors (Lipinski definition) is 10. The van der Waals surface area contributed by atoms with E-state index in [0.717, 1.165) is 16.7 Å². The third-order valence-electron chi connectivity index (χ3n) is 4.81. The number of unbranched alkanes of at least 4 members (excludes halogenated alkanes) is 2. The number of fused-ring (bicyclic) bond motifs is 2. The number of benzene rings is 1. The Morgan fingerprint density at radius 3 is 1.63 bits per heavy atom. The monoisotopic (exact) mass is 420 g/mol. The summed E-state index contributed by atoms with van der Waals surface area (Å²) in [7, 11) is 0. The zero-order valence-corrected chi connectivity index (χ0v) is 15.5. The van der Waals surface area contributed by atoms with Gasteiger partial charge in [0.05, 0.1) is 21.5 Å². The maximum absolute atomic E-state index is 12.6. The predicted molar refractivity (Wildman–Crippen MR) is 101 cm³/mol. The first-order valence-electron chi connectivity index (χ1n) is 8.89. The highest BCUT2D eigenvalue weighted by Gasteiger charge is 2.20. The predicted octanol–water partition coefficient (Wildman–Crippen LogP) is -0.495. The third kappa shape index (κ3) is 3.65.